The lowest BCUT2D eigenvalue weighted by Crippen LogP contribution is -2.54. The fourth-order valence-corrected chi connectivity index (χ4v) is 2.95. The third-order valence-electron chi connectivity index (χ3n) is 4.36. The summed E-state index contributed by atoms with van der Waals surface area (Å²) in [6, 6.07) is 0. The van der Waals surface area contributed by atoms with Crippen LogP contribution in [0.3, 0.4) is 0 Å². The van der Waals surface area contributed by atoms with Crippen molar-refractivity contribution in [1.29, 1.82) is 0 Å². The van der Waals surface area contributed by atoms with E-state index in [-0.39, 0.29) is 5.54 Å². The third-order valence-corrected chi connectivity index (χ3v) is 4.36. The summed E-state index contributed by atoms with van der Waals surface area (Å²) >= 11 is 0. The lowest BCUT2D eigenvalue weighted by molar-refractivity contribution is -0.137. The van der Waals surface area contributed by atoms with Gasteiger partial charge in [-0.2, -0.15) is 0 Å². The average molecular weight is 224 g/mol. The van der Waals surface area contributed by atoms with Gasteiger partial charge < -0.3 is 10.2 Å². The molecule has 1 unspecified atom stereocenters. The molecule has 1 aliphatic heterocycles. The molecule has 1 aliphatic carbocycles. The molecule has 1 atom stereocenters. The summed E-state index contributed by atoms with van der Waals surface area (Å²) in [7, 11) is 1.97. The fourth-order valence-electron chi connectivity index (χ4n) is 2.95. The van der Waals surface area contributed by atoms with Crippen LogP contribution in [0.1, 0.15) is 45.4 Å². The molecule has 1 heterocycles. The molecule has 0 aromatic heterocycles. The van der Waals surface area contributed by atoms with Crippen molar-refractivity contribution in [3.05, 3.63) is 0 Å². The standard InChI is InChI=1S/C13H24N2O/c1-3-13(8-5-9-14-13)12(16)15(2)10-11-6-4-7-11/h11,14H,3-10H2,1-2H3. The minimum absolute atomic E-state index is 0.238. The van der Waals surface area contributed by atoms with E-state index in [1.165, 1.54) is 19.3 Å². The molecule has 1 saturated carbocycles. The molecule has 1 saturated heterocycles. The molecule has 0 spiro atoms. The largest absolute Gasteiger partial charge is 0.344 e. The van der Waals surface area contributed by atoms with E-state index in [2.05, 4.69) is 12.2 Å². The molecule has 2 aliphatic rings. The number of likely N-dealkylation sites (N-methyl/N-ethyl adjacent to an activating group) is 1. The highest BCUT2D eigenvalue weighted by atomic mass is 16.2. The van der Waals surface area contributed by atoms with E-state index in [1.54, 1.807) is 0 Å². The molecule has 0 aromatic rings. The molecule has 1 N–H and O–H groups in total. The van der Waals surface area contributed by atoms with Crippen molar-refractivity contribution in [1.82, 2.24) is 10.2 Å². The first kappa shape index (κ1) is 11.9. The van der Waals surface area contributed by atoms with Crippen LogP contribution in [-0.4, -0.2) is 36.5 Å². The lowest BCUT2D eigenvalue weighted by atomic mass is 9.84. The predicted molar refractivity (Wildman–Crippen MR) is 65.2 cm³/mol. The predicted octanol–water partition coefficient (Wildman–Crippen LogP) is 1.78. The maximum atomic E-state index is 12.4. The molecule has 92 valence electrons. The van der Waals surface area contributed by atoms with Gasteiger partial charge in [-0.15, -0.1) is 0 Å². The van der Waals surface area contributed by atoms with Crippen LogP contribution in [0.15, 0.2) is 0 Å². The smallest absolute Gasteiger partial charge is 0.242 e. The van der Waals surface area contributed by atoms with Crippen LogP contribution in [-0.2, 0) is 4.79 Å². The van der Waals surface area contributed by atoms with Crippen molar-refractivity contribution in [2.24, 2.45) is 5.92 Å². The highest BCUT2D eigenvalue weighted by molar-refractivity contribution is 5.86. The minimum Gasteiger partial charge on any atom is -0.344 e. The third kappa shape index (κ3) is 2.10. The molecule has 1 amide bonds. The van der Waals surface area contributed by atoms with Gasteiger partial charge in [0, 0.05) is 13.6 Å². The number of hydrogen-bond acceptors (Lipinski definition) is 2. The summed E-state index contributed by atoms with van der Waals surface area (Å²) in [5, 5.41) is 3.42. The second-order valence-electron chi connectivity index (χ2n) is 5.45. The molecule has 2 rings (SSSR count). The van der Waals surface area contributed by atoms with E-state index in [4.69, 9.17) is 0 Å². The zero-order chi connectivity index (χ0) is 11.6. The Morgan fingerprint density at radius 3 is 2.62 bits per heavy atom. The monoisotopic (exact) mass is 224 g/mol. The Morgan fingerprint density at radius 1 is 1.44 bits per heavy atom. The summed E-state index contributed by atoms with van der Waals surface area (Å²) in [4.78, 5) is 14.4. The van der Waals surface area contributed by atoms with E-state index in [9.17, 15) is 4.79 Å². The molecule has 3 nitrogen and oxygen atoms in total. The second kappa shape index (κ2) is 4.74. The van der Waals surface area contributed by atoms with Crippen LogP contribution in [0, 0.1) is 5.92 Å². The minimum atomic E-state index is -0.238. The number of carbonyl (C=O) groups excluding carboxylic acids is 1. The Hall–Kier alpha value is -0.570. The summed E-state index contributed by atoms with van der Waals surface area (Å²) < 4.78 is 0. The first-order valence-electron chi connectivity index (χ1n) is 6.68. The van der Waals surface area contributed by atoms with Gasteiger partial charge in [-0.25, -0.2) is 0 Å². The van der Waals surface area contributed by atoms with Gasteiger partial charge in [0.2, 0.25) is 5.91 Å². The van der Waals surface area contributed by atoms with Gasteiger partial charge >= 0.3 is 0 Å². The molecule has 0 radical (unpaired) electrons. The van der Waals surface area contributed by atoms with Crippen molar-refractivity contribution >= 4 is 5.91 Å². The van der Waals surface area contributed by atoms with Crippen molar-refractivity contribution in [3.8, 4) is 0 Å². The maximum absolute atomic E-state index is 12.4. The molecule has 3 heteroatoms. The van der Waals surface area contributed by atoms with Gasteiger partial charge in [0.25, 0.3) is 0 Å². The number of rotatable bonds is 4. The highest BCUT2D eigenvalue weighted by Gasteiger charge is 2.41. The Kier molecular flexibility index (Phi) is 3.53. The quantitative estimate of drug-likeness (QED) is 0.789. The Labute approximate surface area is 98.6 Å². The van der Waals surface area contributed by atoms with Crippen LogP contribution in [0.25, 0.3) is 0 Å². The van der Waals surface area contributed by atoms with Crippen molar-refractivity contribution in [3.63, 3.8) is 0 Å². The van der Waals surface area contributed by atoms with Crippen LogP contribution in [0.2, 0.25) is 0 Å². The fraction of sp³-hybridized carbons (Fsp3) is 0.923. The summed E-state index contributed by atoms with van der Waals surface area (Å²) in [5.41, 5.74) is -0.238. The number of carbonyl (C=O) groups is 1. The molecule has 16 heavy (non-hydrogen) atoms. The van der Waals surface area contributed by atoms with Gasteiger partial charge in [-0.05, 0) is 44.6 Å². The van der Waals surface area contributed by atoms with E-state index in [0.29, 0.717) is 5.91 Å². The average Bonchev–Trinajstić information content (AvgIpc) is 2.71. The Morgan fingerprint density at radius 2 is 2.19 bits per heavy atom. The van der Waals surface area contributed by atoms with Crippen molar-refractivity contribution in [2.75, 3.05) is 20.1 Å². The summed E-state index contributed by atoms with van der Waals surface area (Å²) in [6.45, 7) is 4.08. The van der Waals surface area contributed by atoms with Gasteiger partial charge in [-0.1, -0.05) is 13.3 Å². The maximum Gasteiger partial charge on any atom is 0.242 e. The van der Waals surface area contributed by atoms with Crippen LogP contribution >= 0.6 is 0 Å². The first-order chi connectivity index (χ1) is 7.68. The van der Waals surface area contributed by atoms with Gasteiger partial charge in [-0.3, -0.25) is 4.79 Å². The first-order valence-corrected chi connectivity index (χ1v) is 6.68. The number of amides is 1. The normalized spacial score (nSPS) is 30.1. The number of nitrogens with one attached hydrogen (secondary N) is 1. The highest BCUT2D eigenvalue weighted by Crippen LogP contribution is 2.29. The molecular formula is C13H24N2O. The zero-order valence-corrected chi connectivity index (χ0v) is 10.6. The molecule has 2 fully saturated rings. The molecular weight excluding hydrogens is 200 g/mol. The van der Waals surface area contributed by atoms with Gasteiger partial charge in [0.05, 0.1) is 5.54 Å². The SMILES string of the molecule is CCC1(C(=O)N(C)CC2CCC2)CCCN1. The summed E-state index contributed by atoms with van der Waals surface area (Å²) in [6.07, 6.45) is 7.03. The van der Waals surface area contributed by atoms with Crippen LogP contribution in [0.5, 0.6) is 0 Å². The summed E-state index contributed by atoms with van der Waals surface area (Å²) in [5.74, 6) is 1.09. The number of hydrogen-bond donors (Lipinski definition) is 1. The van der Waals surface area contributed by atoms with E-state index in [1.807, 2.05) is 11.9 Å². The van der Waals surface area contributed by atoms with Crippen LogP contribution in [0.4, 0.5) is 0 Å². The topological polar surface area (TPSA) is 32.3 Å². The zero-order valence-electron chi connectivity index (χ0n) is 10.6. The van der Waals surface area contributed by atoms with Crippen molar-refractivity contribution < 1.29 is 4.79 Å². The Balaban J connectivity index is 1.93. The lowest BCUT2D eigenvalue weighted by Gasteiger charge is -2.36. The van der Waals surface area contributed by atoms with Gasteiger partial charge in [0.1, 0.15) is 0 Å². The molecule has 0 bridgehead atoms. The molecule has 0 aromatic carbocycles. The second-order valence-corrected chi connectivity index (χ2v) is 5.45. The Bertz CT molecular complexity index is 255. The van der Waals surface area contributed by atoms with E-state index < -0.39 is 0 Å². The number of nitrogens with zero attached hydrogens (tertiary/aromatic N) is 1. The van der Waals surface area contributed by atoms with Crippen molar-refractivity contribution in [2.45, 2.75) is 51.0 Å². The van der Waals surface area contributed by atoms with Crippen LogP contribution < -0.4 is 5.32 Å². The van der Waals surface area contributed by atoms with Gasteiger partial charge in [0.15, 0.2) is 0 Å². The van der Waals surface area contributed by atoms with E-state index in [0.717, 1.165) is 38.3 Å². The van der Waals surface area contributed by atoms with E-state index >= 15 is 0 Å².